The molecule has 1 rings (SSSR count). The second-order valence-corrected chi connectivity index (χ2v) is 8.03. The van der Waals surface area contributed by atoms with Crippen LogP contribution in [0.3, 0.4) is 0 Å². The molecule has 0 saturated carbocycles. The number of carboxylic acids is 1. The van der Waals surface area contributed by atoms with Crippen LogP contribution in [-0.4, -0.2) is 51.3 Å². The van der Waals surface area contributed by atoms with Gasteiger partial charge in [0, 0.05) is 25.4 Å². The summed E-state index contributed by atoms with van der Waals surface area (Å²) in [6.45, 7) is 2.53. The summed E-state index contributed by atoms with van der Waals surface area (Å²) in [6.07, 6.45) is 26.3. The molecule has 6 N–H and O–H groups in total. The van der Waals surface area contributed by atoms with Crippen LogP contribution < -0.4 is 5.32 Å². The minimum absolute atomic E-state index is 0. The number of unbranched alkanes of at least 4 members (excludes halogenated alkanes) is 14. The molecule has 0 fully saturated rings. The van der Waals surface area contributed by atoms with Crippen LogP contribution in [0.15, 0.2) is 12.4 Å². The first-order chi connectivity index (χ1) is 14.7. The quantitative estimate of drug-likeness (QED) is 0.218. The molecule has 1 heterocycles. The lowest BCUT2D eigenvalue weighted by molar-refractivity contribution is -0.135. The van der Waals surface area contributed by atoms with Crippen LogP contribution in [0.5, 0.6) is 0 Å². The Balaban J connectivity index is 0. The van der Waals surface area contributed by atoms with Gasteiger partial charge in [-0.05, 0) is 6.42 Å². The number of aliphatic carboxylic acids is 1. The van der Waals surface area contributed by atoms with Crippen LogP contribution >= 0.6 is 0 Å². The molecular formula is C24H49N3O4. The van der Waals surface area contributed by atoms with Crippen LogP contribution in [0.2, 0.25) is 0 Å². The molecule has 7 heteroatoms. The van der Waals surface area contributed by atoms with Crippen LogP contribution in [-0.2, 0) is 11.2 Å². The number of aromatic nitrogens is 2. The Morgan fingerprint density at radius 2 is 1.39 bits per heavy atom. The van der Waals surface area contributed by atoms with Crippen molar-refractivity contribution in [1.82, 2.24) is 15.3 Å². The van der Waals surface area contributed by atoms with Gasteiger partial charge in [0.25, 0.3) is 0 Å². The number of hydrogen-bond acceptors (Lipinski definition) is 4. The highest BCUT2D eigenvalue weighted by atomic mass is 16.4. The third-order valence-electron chi connectivity index (χ3n) is 5.14. The molecule has 184 valence electrons. The zero-order valence-corrected chi connectivity index (χ0v) is 19.8. The van der Waals surface area contributed by atoms with Crippen LogP contribution in [0.4, 0.5) is 0 Å². The van der Waals surface area contributed by atoms with Gasteiger partial charge in [0.15, 0.2) is 0 Å². The zero-order chi connectivity index (χ0) is 22.1. The fraction of sp³-hybridized carbons (Fsp3) is 0.833. The van der Waals surface area contributed by atoms with Crippen LogP contribution in [0.25, 0.3) is 0 Å². The number of carbonyl (C=O) groups is 1. The predicted molar refractivity (Wildman–Crippen MR) is 128 cm³/mol. The van der Waals surface area contributed by atoms with Crippen LogP contribution in [0.1, 0.15) is 109 Å². The summed E-state index contributed by atoms with van der Waals surface area (Å²) in [4.78, 5) is 17.2. The second-order valence-electron chi connectivity index (χ2n) is 8.03. The molecule has 0 bridgehead atoms. The second kappa shape index (κ2) is 26.6. The summed E-state index contributed by atoms with van der Waals surface area (Å²) in [5, 5.41) is 18.6. The standard InChI is InChI=1S/C20H38N2.C4H9NO3.H2O/c1-2-3-4-5-6-7-8-9-10-11-12-13-14-15-16-17-20-21-18-19-22-20;6-2-1-5-3-4(7)8;/h18-19H,2-17H2,1H3,(H,21,22);5-6H,1-3H2,(H,7,8);1H2. The van der Waals surface area contributed by atoms with Gasteiger partial charge in [0.2, 0.25) is 0 Å². The first-order valence-corrected chi connectivity index (χ1v) is 12.2. The lowest BCUT2D eigenvalue weighted by Crippen LogP contribution is -2.25. The van der Waals surface area contributed by atoms with E-state index in [4.69, 9.17) is 10.2 Å². The molecule has 1 aromatic heterocycles. The molecule has 0 spiro atoms. The van der Waals surface area contributed by atoms with Gasteiger partial charge in [0.05, 0.1) is 13.2 Å². The fourth-order valence-electron chi connectivity index (χ4n) is 3.37. The Morgan fingerprint density at radius 3 is 1.77 bits per heavy atom. The molecule has 0 aliphatic heterocycles. The van der Waals surface area contributed by atoms with E-state index >= 15 is 0 Å². The van der Waals surface area contributed by atoms with Crippen molar-refractivity contribution in [3.05, 3.63) is 18.2 Å². The van der Waals surface area contributed by atoms with Crippen molar-refractivity contribution in [2.45, 2.75) is 110 Å². The van der Waals surface area contributed by atoms with E-state index in [0.717, 1.165) is 12.2 Å². The lowest BCUT2D eigenvalue weighted by atomic mass is 10.0. The Labute approximate surface area is 189 Å². The van der Waals surface area contributed by atoms with Gasteiger partial charge in [-0.1, -0.05) is 96.8 Å². The van der Waals surface area contributed by atoms with E-state index in [2.05, 4.69) is 22.2 Å². The smallest absolute Gasteiger partial charge is 0.317 e. The van der Waals surface area contributed by atoms with Gasteiger partial charge in [-0.3, -0.25) is 4.79 Å². The van der Waals surface area contributed by atoms with E-state index in [1.54, 1.807) is 0 Å². The largest absolute Gasteiger partial charge is 0.480 e. The number of aromatic amines is 1. The average Bonchev–Trinajstić information content (AvgIpc) is 3.25. The number of aliphatic hydroxyl groups is 1. The first kappa shape index (κ1) is 31.7. The van der Waals surface area contributed by atoms with Gasteiger partial charge in [-0.15, -0.1) is 0 Å². The lowest BCUT2D eigenvalue weighted by Gasteiger charge is -2.03. The molecule has 0 aliphatic rings. The third kappa shape index (κ3) is 26.5. The Kier molecular flexibility index (Phi) is 27.2. The monoisotopic (exact) mass is 443 g/mol. The van der Waals surface area contributed by atoms with Crippen molar-refractivity contribution in [2.24, 2.45) is 0 Å². The summed E-state index contributed by atoms with van der Waals surface area (Å²) in [5.41, 5.74) is 0. The third-order valence-corrected chi connectivity index (χ3v) is 5.14. The molecule has 31 heavy (non-hydrogen) atoms. The molecule has 0 amide bonds. The van der Waals surface area contributed by atoms with Crippen LogP contribution in [0, 0.1) is 0 Å². The molecule has 0 radical (unpaired) electrons. The number of nitrogens with one attached hydrogen (secondary N) is 2. The maximum absolute atomic E-state index is 9.73. The minimum Gasteiger partial charge on any atom is -0.480 e. The fourth-order valence-corrected chi connectivity index (χ4v) is 3.37. The van der Waals surface area contributed by atoms with Gasteiger partial charge < -0.3 is 26.0 Å². The summed E-state index contributed by atoms with van der Waals surface area (Å²) in [6, 6.07) is 0. The highest BCUT2D eigenvalue weighted by Crippen LogP contribution is 2.13. The molecule has 1 aromatic rings. The van der Waals surface area contributed by atoms with Crippen molar-refractivity contribution in [1.29, 1.82) is 0 Å². The molecule has 7 nitrogen and oxygen atoms in total. The van der Waals surface area contributed by atoms with Gasteiger partial charge in [-0.25, -0.2) is 4.98 Å². The van der Waals surface area contributed by atoms with Gasteiger partial charge >= 0.3 is 5.97 Å². The summed E-state index contributed by atoms with van der Waals surface area (Å²) < 4.78 is 0. The number of hydrogen-bond donors (Lipinski definition) is 4. The molecule has 0 unspecified atom stereocenters. The van der Waals surface area contributed by atoms with Gasteiger partial charge in [-0.2, -0.15) is 0 Å². The number of nitrogens with zero attached hydrogens (tertiary/aromatic N) is 1. The molecule has 0 saturated heterocycles. The van der Waals surface area contributed by atoms with Gasteiger partial charge in [0.1, 0.15) is 5.82 Å². The molecule has 0 aliphatic carbocycles. The van der Waals surface area contributed by atoms with E-state index in [0.29, 0.717) is 6.54 Å². The summed E-state index contributed by atoms with van der Waals surface area (Å²) in [5.74, 6) is 0.244. The van der Waals surface area contributed by atoms with E-state index in [1.165, 1.54) is 96.3 Å². The summed E-state index contributed by atoms with van der Waals surface area (Å²) >= 11 is 0. The SMILES string of the molecule is CCCCCCCCCCCCCCCCCc1ncc[nH]1.O.O=C(O)CNCCO. The summed E-state index contributed by atoms with van der Waals surface area (Å²) in [7, 11) is 0. The zero-order valence-electron chi connectivity index (χ0n) is 19.8. The maximum atomic E-state index is 9.73. The number of carboxylic acid groups (broad SMARTS) is 1. The van der Waals surface area contributed by atoms with Crippen molar-refractivity contribution in [3.8, 4) is 0 Å². The predicted octanol–water partition coefficient (Wildman–Crippen LogP) is 4.65. The van der Waals surface area contributed by atoms with E-state index in [1.807, 2.05) is 12.4 Å². The number of aryl methyl sites for hydroxylation is 1. The van der Waals surface area contributed by atoms with E-state index in [9.17, 15) is 4.79 Å². The Hall–Kier alpha value is -1.44. The number of aliphatic hydroxyl groups excluding tert-OH is 1. The van der Waals surface area contributed by atoms with Crippen molar-refractivity contribution >= 4 is 5.97 Å². The highest BCUT2D eigenvalue weighted by Gasteiger charge is 1.96. The minimum atomic E-state index is -0.904. The number of H-pyrrole nitrogens is 1. The highest BCUT2D eigenvalue weighted by molar-refractivity contribution is 5.68. The molecule has 0 atom stereocenters. The van der Waals surface area contributed by atoms with Crippen molar-refractivity contribution in [3.63, 3.8) is 0 Å². The van der Waals surface area contributed by atoms with E-state index < -0.39 is 5.97 Å². The Morgan fingerprint density at radius 1 is 0.903 bits per heavy atom. The van der Waals surface area contributed by atoms with Crippen molar-refractivity contribution in [2.75, 3.05) is 19.7 Å². The molecule has 0 aromatic carbocycles. The normalized spacial score (nSPS) is 10.3. The Bertz CT molecular complexity index is 456. The maximum Gasteiger partial charge on any atom is 0.317 e. The number of imidazole rings is 1. The number of rotatable bonds is 20. The van der Waals surface area contributed by atoms with E-state index in [-0.39, 0.29) is 18.6 Å². The average molecular weight is 444 g/mol. The first-order valence-electron chi connectivity index (χ1n) is 12.2. The topological polar surface area (TPSA) is 130 Å². The van der Waals surface area contributed by atoms with Crippen molar-refractivity contribution < 1.29 is 20.5 Å². The molecular weight excluding hydrogens is 394 g/mol.